The summed E-state index contributed by atoms with van der Waals surface area (Å²) in [5.74, 6) is 0. The summed E-state index contributed by atoms with van der Waals surface area (Å²) < 4.78 is 5.09. The Morgan fingerprint density at radius 3 is 2.76 bits per heavy atom. The topological polar surface area (TPSA) is 55.0 Å². The number of aromatic nitrogens is 2. The third-order valence-electron chi connectivity index (χ3n) is 2.56. The second-order valence-electron chi connectivity index (χ2n) is 3.83. The molecule has 0 bridgehead atoms. The lowest BCUT2D eigenvalue weighted by molar-refractivity contribution is -0.133. The molecular weight excluding hydrogens is 216 g/mol. The van der Waals surface area contributed by atoms with E-state index in [1.165, 1.54) is 0 Å². The number of nitrogens with one attached hydrogen (secondary N) is 1. The number of benzene rings is 1. The van der Waals surface area contributed by atoms with E-state index in [1.54, 1.807) is 12.5 Å². The van der Waals surface area contributed by atoms with Crippen LogP contribution in [-0.4, -0.2) is 22.5 Å². The highest BCUT2D eigenvalue weighted by molar-refractivity contribution is 5.37. The highest BCUT2D eigenvalue weighted by Crippen LogP contribution is 2.09. The monoisotopic (exact) mass is 230 g/mol. The molecule has 4 nitrogen and oxygen atoms in total. The highest BCUT2D eigenvalue weighted by Gasteiger charge is 2.12. The fourth-order valence-corrected chi connectivity index (χ4v) is 1.77. The summed E-state index contributed by atoms with van der Waals surface area (Å²) >= 11 is 0. The first-order valence-electron chi connectivity index (χ1n) is 5.49. The molecule has 88 valence electrons. The number of imidazole rings is 1. The summed E-state index contributed by atoms with van der Waals surface area (Å²) in [4.78, 5) is 17.4. The first-order chi connectivity index (χ1) is 8.38. The van der Waals surface area contributed by atoms with Gasteiger partial charge in [0.25, 0.3) is 6.47 Å². The molecular formula is C13H14N2O2. The number of H-pyrrole nitrogens is 1. The molecule has 0 aliphatic carbocycles. The van der Waals surface area contributed by atoms with E-state index in [9.17, 15) is 4.79 Å². The third-order valence-corrected chi connectivity index (χ3v) is 2.56. The van der Waals surface area contributed by atoms with Gasteiger partial charge in [0.15, 0.2) is 0 Å². The largest absolute Gasteiger partial charge is 0.464 e. The first-order valence-corrected chi connectivity index (χ1v) is 5.49. The first kappa shape index (κ1) is 11.4. The van der Waals surface area contributed by atoms with Crippen molar-refractivity contribution in [1.29, 1.82) is 0 Å². The Kier molecular flexibility index (Phi) is 3.91. The van der Waals surface area contributed by atoms with Gasteiger partial charge in [-0.15, -0.1) is 0 Å². The minimum atomic E-state index is -0.157. The van der Waals surface area contributed by atoms with E-state index < -0.39 is 0 Å². The molecule has 2 rings (SSSR count). The van der Waals surface area contributed by atoms with E-state index in [-0.39, 0.29) is 6.10 Å². The second-order valence-corrected chi connectivity index (χ2v) is 3.83. The van der Waals surface area contributed by atoms with Crippen molar-refractivity contribution >= 4 is 6.47 Å². The Morgan fingerprint density at radius 1 is 1.29 bits per heavy atom. The number of carbonyl (C=O) groups is 1. The summed E-state index contributed by atoms with van der Waals surface area (Å²) in [5, 5.41) is 0. The Labute approximate surface area is 99.7 Å². The average Bonchev–Trinajstić information content (AvgIpc) is 2.83. The molecule has 1 heterocycles. The summed E-state index contributed by atoms with van der Waals surface area (Å²) in [6, 6.07) is 9.96. The van der Waals surface area contributed by atoms with Crippen molar-refractivity contribution in [3.8, 4) is 0 Å². The van der Waals surface area contributed by atoms with E-state index in [4.69, 9.17) is 4.74 Å². The molecule has 0 aliphatic rings. The lowest BCUT2D eigenvalue weighted by Gasteiger charge is -2.14. The van der Waals surface area contributed by atoms with Crippen LogP contribution >= 0.6 is 0 Å². The molecule has 0 saturated heterocycles. The molecule has 0 radical (unpaired) electrons. The lowest BCUT2D eigenvalue weighted by Crippen LogP contribution is -2.18. The predicted octanol–water partition coefficient (Wildman–Crippen LogP) is 1.74. The maximum absolute atomic E-state index is 10.5. The van der Waals surface area contributed by atoms with Gasteiger partial charge < -0.3 is 9.72 Å². The highest BCUT2D eigenvalue weighted by atomic mass is 16.5. The zero-order valence-electron chi connectivity index (χ0n) is 9.37. The minimum Gasteiger partial charge on any atom is -0.464 e. The van der Waals surface area contributed by atoms with E-state index in [2.05, 4.69) is 9.97 Å². The third kappa shape index (κ3) is 3.45. The van der Waals surface area contributed by atoms with Crippen molar-refractivity contribution in [1.82, 2.24) is 9.97 Å². The molecule has 1 aromatic heterocycles. The van der Waals surface area contributed by atoms with Crippen molar-refractivity contribution in [2.24, 2.45) is 0 Å². The summed E-state index contributed by atoms with van der Waals surface area (Å²) in [6.45, 7) is 0.504. The number of ether oxygens (including phenoxy) is 1. The fourth-order valence-electron chi connectivity index (χ4n) is 1.77. The molecule has 2 aromatic rings. The van der Waals surface area contributed by atoms with E-state index >= 15 is 0 Å². The Hall–Kier alpha value is -2.10. The van der Waals surface area contributed by atoms with Crippen LogP contribution in [0.3, 0.4) is 0 Å². The SMILES string of the molecule is O=COC(Cc1ccccc1)Cc1cnc[nH]1. The molecule has 1 N–H and O–H groups in total. The van der Waals surface area contributed by atoms with Crippen molar-refractivity contribution in [3.63, 3.8) is 0 Å². The lowest BCUT2D eigenvalue weighted by atomic mass is 10.0. The van der Waals surface area contributed by atoms with E-state index in [0.717, 1.165) is 11.3 Å². The Balaban J connectivity index is 2.00. The van der Waals surface area contributed by atoms with Crippen LogP contribution in [0.15, 0.2) is 42.9 Å². The molecule has 0 spiro atoms. The van der Waals surface area contributed by atoms with Gasteiger partial charge in [0, 0.05) is 24.7 Å². The van der Waals surface area contributed by atoms with Crippen LogP contribution in [0.5, 0.6) is 0 Å². The molecule has 1 aromatic carbocycles. The number of nitrogens with zero attached hydrogens (tertiary/aromatic N) is 1. The molecule has 0 fully saturated rings. The number of rotatable bonds is 6. The molecule has 0 saturated carbocycles. The molecule has 1 unspecified atom stereocenters. The van der Waals surface area contributed by atoms with E-state index in [0.29, 0.717) is 19.3 Å². The number of hydrogen-bond donors (Lipinski definition) is 1. The summed E-state index contributed by atoms with van der Waals surface area (Å²) in [5.41, 5.74) is 2.12. The van der Waals surface area contributed by atoms with Gasteiger partial charge in [-0.05, 0) is 5.56 Å². The van der Waals surface area contributed by atoms with Crippen LogP contribution in [0.2, 0.25) is 0 Å². The van der Waals surface area contributed by atoms with Gasteiger partial charge in [0.1, 0.15) is 6.10 Å². The average molecular weight is 230 g/mol. The number of carbonyl (C=O) groups excluding carboxylic acids is 1. The maximum Gasteiger partial charge on any atom is 0.293 e. The van der Waals surface area contributed by atoms with Gasteiger partial charge in [-0.25, -0.2) is 4.98 Å². The fraction of sp³-hybridized carbons (Fsp3) is 0.231. The van der Waals surface area contributed by atoms with Crippen LogP contribution in [0, 0.1) is 0 Å². The smallest absolute Gasteiger partial charge is 0.293 e. The van der Waals surface area contributed by atoms with Gasteiger partial charge >= 0.3 is 0 Å². The quantitative estimate of drug-likeness (QED) is 0.769. The van der Waals surface area contributed by atoms with Crippen molar-refractivity contribution in [3.05, 3.63) is 54.1 Å². The van der Waals surface area contributed by atoms with E-state index in [1.807, 2.05) is 30.3 Å². The van der Waals surface area contributed by atoms with Gasteiger partial charge in [-0.2, -0.15) is 0 Å². The van der Waals surface area contributed by atoms with Gasteiger partial charge in [0.2, 0.25) is 0 Å². The van der Waals surface area contributed by atoms with Gasteiger partial charge in [-0.3, -0.25) is 4.79 Å². The van der Waals surface area contributed by atoms with Gasteiger partial charge in [-0.1, -0.05) is 30.3 Å². The molecule has 1 atom stereocenters. The van der Waals surface area contributed by atoms with Crippen LogP contribution in [0.1, 0.15) is 11.3 Å². The Morgan fingerprint density at radius 2 is 2.12 bits per heavy atom. The van der Waals surface area contributed by atoms with Crippen LogP contribution in [-0.2, 0) is 22.4 Å². The zero-order chi connectivity index (χ0) is 11.9. The maximum atomic E-state index is 10.5. The molecule has 17 heavy (non-hydrogen) atoms. The molecule has 0 amide bonds. The van der Waals surface area contributed by atoms with Crippen molar-refractivity contribution < 1.29 is 9.53 Å². The molecule has 4 heteroatoms. The van der Waals surface area contributed by atoms with Crippen LogP contribution < -0.4 is 0 Å². The zero-order valence-corrected chi connectivity index (χ0v) is 9.37. The standard InChI is InChI=1S/C13H14N2O2/c16-10-17-13(7-12-8-14-9-15-12)6-11-4-2-1-3-5-11/h1-5,8-10,13H,6-7H2,(H,14,15). The number of aromatic amines is 1. The minimum absolute atomic E-state index is 0.157. The predicted molar refractivity (Wildman–Crippen MR) is 63.4 cm³/mol. The van der Waals surface area contributed by atoms with Crippen molar-refractivity contribution in [2.75, 3.05) is 0 Å². The normalized spacial score (nSPS) is 12.0. The Bertz CT molecular complexity index is 440. The number of hydrogen-bond acceptors (Lipinski definition) is 3. The van der Waals surface area contributed by atoms with Crippen molar-refractivity contribution in [2.45, 2.75) is 18.9 Å². The molecule has 0 aliphatic heterocycles. The van der Waals surface area contributed by atoms with Gasteiger partial charge in [0.05, 0.1) is 6.33 Å². The van der Waals surface area contributed by atoms with Crippen LogP contribution in [0.4, 0.5) is 0 Å². The second kappa shape index (κ2) is 5.84. The van der Waals surface area contributed by atoms with Crippen LogP contribution in [0.25, 0.3) is 0 Å². The summed E-state index contributed by atoms with van der Waals surface area (Å²) in [6.07, 6.45) is 4.56. The summed E-state index contributed by atoms with van der Waals surface area (Å²) in [7, 11) is 0.